The Morgan fingerprint density at radius 1 is 0.974 bits per heavy atom. The summed E-state index contributed by atoms with van der Waals surface area (Å²) in [5.41, 5.74) is 3.16. The number of amides is 3. The molecule has 3 saturated heterocycles. The summed E-state index contributed by atoms with van der Waals surface area (Å²) in [6.07, 6.45) is 5.88. The minimum Gasteiger partial charge on any atom is -0.367 e. The molecule has 8 nitrogen and oxygen atoms in total. The first-order chi connectivity index (χ1) is 18.9. The van der Waals surface area contributed by atoms with Gasteiger partial charge in [-0.1, -0.05) is 29.3 Å². The van der Waals surface area contributed by atoms with E-state index in [1.54, 1.807) is 17.0 Å². The maximum Gasteiger partial charge on any atom is 0.318 e. The van der Waals surface area contributed by atoms with Crippen molar-refractivity contribution in [2.45, 2.75) is 44.1 Å². The van der Waals surface area contributed by atoms with Gasteiger partial charge in [0.15, 0.2) is 0 Å². The molecular formula is C29H38Cl2N6O2. The molecule has 3 aliphatic rings. The predicted octanol–water partition coefficient (Wildman–Crippen LogP) is 4.26. The number of aromatic nitrogens is 1. The van der Waals surface area contributed by atoms with Gasteiger partial charge < -0.3 is 24.9 Å². The van der Waals surface area contributed by atoms with Crippen LogP contribution >= 0.6 is 23.2 Å². The fourth-order valence-corrected chi connectivity index (χ4v) is 6.39. The molecule has 2 aromatic rings. The van der Waals surface area contributed by atoms with Gasteiger partial charge in [0.1, 0.15) is 6.04 Å². The zero-order valence-corrected chi connectivity index (χ0v) is 24.1. The molecule has 10 heteroatoms. The van der Waals surface area contributed by atoms with Crippen LogP contribution in [0.1, 0.15) is 42.9 Å². The van der Waals surface area contributed by atoms with Crippen molar-refractivity contribution in [1.82, 2.24) is 25.0 Å². The van der Waals surface area contributed by atoms with E-state index in [0.717, 1.165) is 76.2 Å². The van der Waals surface area contributed by atoms with Crippen LogP contribution < -0.4 is 10.2 Å². The third-order valence-electron chi connectivity index (χ3n) is 8.28. The molecule has 1 aromatic heterocycles. The number of anilines is 1. The number of urea groups is 1. The Hall–Kier alpha value is -2.55. The minimum atomic E-state index is -0.691. The summed E-state index contributed by atoms with van der Waals surface area (Å²) >= 11 is 12.5. The van der Waals surface area contributed by atoms with Crippen LogP contribution in [0.5, 0.6) is 0 Å². The molecule has 210 valence electrons. The molecule has 1 aromatic carbocycles. The van der Waals surface area contributed by atoms with Gasteiger partial charge >= 0.3 is 6.03 Å². The van der Waals surface area contributed by atoms with E-state index in [4.69, 9.17) is 28.2 Å². The van der Waals surface area contributed by atoms with Gasteiger partial charge in [-0.25, -0.2) is 4.79 Å². The second-order valence-corrected chi connectivity index (χ2v) is 11.8. The monoisotopic (exact) mass is 572 g/mol. The molecule has 0 spiro atoms. The summed E-state index contributed by atoms with van der Waals surface area (Å²) < 4.78 is 0. The van der Waals surface area contributed by atoms with Gasteiger partial charge in [-0.3, -0.25) is 9.78 Å². The molecule has 0 bridgehead atoms. The highest BCUT2D eigenvalue weighted by Crippen LogP contribution is 2.34. The van der Waals surface area contributed by atoms with Crippen molar-refractivity contribution >= 4 is 40.8 Å². The van der Waals surface area contributed by atoms with E-state index in [9.17, 15) is 9.59 Å². The van der Waals surface area contributed by atoms with Gasteiger partial charge in [-0.2, -0.15) is 0 Å². The third kappa shape index (κ3) is 6.79. The maximum atomic E-state index is 13.8. The lowest BCUT2D eigenvalue weighted by Gasteiger charge is -2.38. The zero-order chi connectivity index (χ0) is 27.4. The van der Waals surface area contributed by atoms with Gasteiger partial charge in [0.05, 0.1) is 11.4 Å². The number of halogens is 2. The Morgan fingerprint density at radius 2 is 1.69 bits per heavy atom. The molecule has 39 heavy (non-hydrogen) atoms. The Labute approximate surface area is 241 Å². The SMILES string of the molecule is CN1CCN(c2cccnc2C2CCN(C(=O)[C@@H](Cc3ccc(Cl)cc3Cl)NC(=O)N3CCCC3)CC2)CC1. The van der Waals surface area contributed by atoms with Gasteiger partial charge in [0.25, 0.3) is 0 Å². The van der Waals surface area contributed by atoms with E-state index in [0.29, 0.717) is 35.5 Å². The highest BCUT2D eigenvalue weighted by molar-refractivity contribution is 6.35. The first-order valence-electron chi connectivity index (χ1n) is 14.1. The Morgan fingerprint density at radius 3 is 2.38 bits per heavy atom. The van der Waals surface area contributed by atoms with Gasteiger partial charge in [0, 0.05) is 80.9 Å². The summed E-state index contributed by atoms with van der Waals surface area (Å²) in [5, 5.41) is 4.07. The molecule has 0 radical (unpaired) electrons. The second kappa shape index (κ2) is 12.7. The summed E-state index contributed by atoms with van der Waals surface area (Å²) in [5.74, 6) is 0.237. The number of hydrogen-bond acceptors (Lipinski definition) is 5. The van der Waals surface area contributed by atoms with Crippen LogP contribution in [0.15, 0.2) is 36.5 Å². The van der Waals surface area contributed by atoms with E-state index < -0.39 is 6.04 Å². The quantitative estimate of drug-likeness (QED) is 0.560. The lowest BCUT2D eigenvalue weighted by atomic mass is 9.91. The summed E-state index contributed by atoms with van der Waals surface area (Å²) in [7, 11) is 2.16. The maximum absolute atomic E-state index is 13.8. The van der Waals surface area contributed by atoms with E-state index in [-0.39, 0.29) is 11.9 Å². The first-order valence-corrected chi connectivity index (χ1v) is 14.8. The molecule has 0 unspecified atom stereocenters. The number of piperazine rings is 1. The van der Waals surface area contributed by atoms with Gasteiger partial charge in [-0.05, 0) is 62.6 Å². The highest BCUT2D eigenvalue weighted by Gasteiger charge is 2.33. The molecule has 4 heterocycles. The standard InChI is InChI=1S/C29H38Cl2N6O2/c1-34-15-17-35(18-16-34)26-5-4-10-32-27(26)21-8-13-36(14-9-21)28(38)25(33-29(39)37-11-2-3-12-37)19-22-6-7-23(30)20-24(22)31/h4-7,10,20-21,25H,2-3,8-9,11-19H2,1H3,(H,33,39)/t25-/m1/s1. The number of hydrogen-bond donors (Lipinski definition) is 1. The fourth-order valence-electron chi connectivity index (χ4n) is 5.90. The molecule has 1 atom stereocenters. The molecule has 1 N–H and O–H groups in total. The molecule has 0 saturated carbocycles. The van der Waals surface area contributed by atoms with Crippen LogP contribution in [-0.4, -0.2) is 97.1 Å². The number of piperidine rings is 1. The number of benzene rings is 1. The van der Waals surface area contributed by atoms with E-state index in [1.165, 1.54) is 5.69 Å². The number of nitrogens with one attached hydrogen (secondary N) is 1. The zero-order valence-electron chi connectivity index (χ0n) is 22.6. The largest absolute Gasteiger partial charge is 0.367 e. The van der Waals surface area contributed by atoms with Crippen LogP contribution in [0.25, 0.3) is 0 Å². The molecule has 3 fully saturated rings. The van der Waals surface area contributed by atoms with Crippen molar-refractivity contribution in [2.75, 3.05) is 64.3 Å². The average molecular weight is 574 g/mol. The minimum absolute atomic E-state index is 0.0627. The van der Waals surface area contributed by atoms with Crippen LogP contribution in [0.4, 0.5) is 10.5 Å². The van der Waals surface area contributed by atoms with E-state index >= 15 is 0 Å². The number of likely N-dealkylation sites (N-methyl/N-ethyl adjacent to an activating group) is 1. The lowest BCUT2D eigenvalue weighted by Crippen LogP contribution is -2.54. The average Bonchev–Trinajstić information content (AvgIpc) is 3.50. The Kier molecular flexibility index (Phi) is 9.15. The molecule has 5 rings (SSSR count). The third-order valence-corrected chi connectivity index (χ3v) is 8.87. The Balaban J connectivity index is 1.27. The fraction of sp³-hybridized carbons (Fsp3) is 0.552. The molecular weight excluding hydrogens is 535 g/mol. The number of likely N-dealkylation sites (tertiary alicyclic amines) is 2. The van der Waals surface area contributed by atoms with Crippen molar-refractivity contribution in [2.24, 2.45) is 0 Å². The summed E-state index contributed by atoms with van der Waals surface area (Å²) in [6, 6.07) is 8.61. The van der Waals surface area contributed by atoms with Crippen molar-refractivity contribution in [1.29, 1.82) is 0 Å². The summed E-state index contributed by atoms with van der Waals surface area (Å²) in [4.78, 5) is 40.1. The lowest BCUT2D eigenvalue weighted by molar-refractivity contribution is -0.134. The highest BCUT2D eigenvalue weighted by atomic mass is 35.5. The smallest absolute Gasteiger partial charge is 0.318 e. The number of pyridine rings is 1. The Bertz CT molecular complexity index is 1160. The van der Waals surface area contributed by atoms with E-state index in [2.05, 4.69) is 28.2 Å². The predicted molar refractivity (Wildman–Crippen MR) is 156 cm³/mol. The second-order valence-electron chi connectivity index (χ2n) is 10.9. The number of carbonyl (C=O) groups excluding carboxylic acids is 2. The molecule has 0 aliphatic carbocycles. The van der Waals surface area contributed by atoms with Crippen molar-refractivity contribution in [3.05, 3.63) is 57.8 Å². The normalized spacial score (nSPS) is 19.8. The first kappa shape index (κ1) is 28.0. The van der Waals surface area contributed by atoms with Crippen LogP contribution in [0.3, 0.4) is 0 Å². The number of rotatable bonds is 6. The summed E-state index contributed by atoms with van der Waals surface area (Å²) in [6.45, 7) is 6.79. The molecule has 3 aliphatic heterocycles. The van der Waals surface area contributed by atoms with Crippen molar-refractivity contribution in [3.63, 3.8) is 0 Å². The van der Waals surface area contributed by atoms with Crippen LogP contribution in [0, 0.1) is 0 Å². The van der Waals surface area contributed by atoms with Crippen LogP contribution in [-0.2, 0) is 11.2 Å². The number of nitrogens with zero attached hydrogens (tertiary/aromatic N) is 5. The molecule has 3 amide bonds. The van der Waals surface area contributed by atoms with Crippen LogP contribution in [0.2, 0.25) is 10.0 Å². The van der Waals surface area contributed by atoms with Crippen molar-refractivity contribution in [3.8, 4) is 0 Å². The number of carbonyl (C=O) groups is 2. The van der Waals surface area contributed by atoms with Crippen molar-refractivity contribution < 1.29 is 9.59 Å². The van der Waals surface area contributed by atoms with E-state index in [1.807, 2.05) is 23.2 Å². The topological polar surface area (TPSA) is 72.0 Å². The van der Waals surface area contributed by atoms with Gasteiger partial charge in [-0.15, -0.1) is 0 Å². The van der Waals surface area contributed by atoms with Gasteiger partial charge in [0.2, 0.25) is 5.91 Å².